The van der Waals surface area contributed by atoms with Crippen LogP contribution < -0.4 is 5.56 Å². The van der Waals surface area contributed by atoms with Gasteiger partial charge in [0.2, 0.25) is 0 Å². The molecule has 0 N–H and O–H groups in total. The number of thioether (sulfide) groups is 1. The average molecular weight is 349 g/mol. The molecule has 0 aromatic carbocycles. The van der Waals surface area contributed by atoms with E-state index in [0.717, 1.165) is 46.8 Å². The number of hydrogen-bond donors (Lipinski definition) is 0. The third-order valence-electron chi connectivity index (χ3n) is 4.42. The average Bonchev–Trinajstić information content (AvgIpc) is 2.88. The SMILES string of the molecule is C=CCn1c(SCCCC)nc2sc3c(c2c1=O)CC(C)CC3. The van der Waals surface area contributed by atoms with E-state index < -0.39 is 0 Å². The summed E-state index contributed by atoms with van der Waals surface area (Å²) in [4.78, 5) is 20.2. The van der Waals surface area contributed by atoms with Crippen LogP contribution in [0.4, 0.5) is 0 Å². The lowest BCUT2D eigenvalue weighted by Crippen LogP contribution is -2.23. The van der Waals surface area contributed by atoms with Crippen LogP contribution in [-0.4, -0.2) is 15.3 Å². The highest BCUT2D eigenvalue weighted by atomic mass is 32.2. The molecule has 23 heavy (non-hydrogen) atoms. The van der Waals surface area contributed by atoms with E-state index in [1.165, 1.54) is 16.9 Å². The lowest BCUT2D eigenvalue weighted by molar-refractivity contribution is 0.508. The third-order valence-corrected chi connectivity index (χ3v) is 6.67. The second kappa shape index (κ2) is 7.22. The highest BCUT2D eigenvalue weighted by Crippen LogP contribution is 2.36. The maximum Gasteiger partial charge on any atom is 0.263 e. The maximum atomic E-state index is 13.1. The highest BCUT2D eigenvalue weighted by molar-refractivity contribution is 7.99. The molecule has 2 aromatic rings. The van der Waals surface area contributed by atoms with Crippen molar-refractivity contribution < 1.29 is 0 Å². The Kier molecular flexibility index (Phi) is 5.27. The fourth-order valence-corrected chi connectivity index (χ4v) is 5.47. The van der Waals surface area contributed by atoms with E-state index in [4.69, 9.17) is 4.98 Å². The van der Waals surface area contributed by atoms with Gasteiger partial charge in [-0.25, -0.2) is 4.98 Å². The van der Waals surface area contributed by atoms with Crippen LogP contribution in [0.5, 0.6) is 0 Å². The van der Waals surface area contributed by atoms with Gasteiger partial charge in [0.15, 0.2) is 5.16 Å². The predicted molar refractivity (Wildman–Crippen MR) is 101 cm³/mol. The minimum Gasteiger partial charge on any atom is -0.283 e. The largest absolute Gasteiger partial charge is 0.283 e. The molecule has 0 bridgehead atoms. The molecule has 1 aliphatic carbocycles. The molecule has 1 aliphatic rings. The smallest absolute Gasteiger partial charge is 0.263 e. The summed E-state index contributed by atoms with van der Waals surface area (Å²) in [6.45, 7) is 8.80. The molecule has 0 saturated carbocycles. The minimum absolute atomic E-state index is 0.125. The predicted octanol–water partition coefficient (Wildman–Crippen LogP) is 4.66. The first-order valence-electron chi connectivity index (χ1n) is 8.44. The zero-order valence-electron chi connectivity index (χ0n) is 13.9. The van der Waals surface area contributed by atoms with Crippen LogP contribution in [0, 0.1) is 5.92 Å². The van der Waals surface area contributed by atoms with Gasteiger partial charge in [0, 0.05) is 17.2 Å². The zero-order chi connectivity index (χ0) is 16.4. The Labute approximate surface area is 145 Å². The summed E-state index contributed by atoms with van der Waals surface area (Å²) in [5.74, 6) is 1.67. The van der Waals surface area contributed by atoms with E-state index in [0.29, 0.717) is 12.5 Å². The third kappa shape index (κ3) is 3.26. The number of thiophene rings is 1. The van der Waals surface area contributed by atoms with Crippen LogP contribution in [0.15, 0.2) is 22.6 Å². The van der Waals surface area contributed by atoms with Gasteiger partial charge in [-0.3, -0.25) is 9.36 Å². The van der Waals surface area contributed by atoms with Crippen LogP contribution in [0.1, 0.15) is 43.6 Å². The molecular weight excluding hydrogens is 324 g/mol. The van der Waals surface area contributed by atoms with E-state index in [2.05, 4.69) is 20.4 Å². The second-order valence-corrected chi connectivity index (χ2v) is 8.48. The Balaban J connectivity index is 2.12. The fourth-order valence-electron chi connectivity index (χ4n) is 3.12. The van der Waals surface area contributed by atoms with Crippen LogP contribution >= 0.6 is 23.1 Å². The molecule has 0 fully saturated rings. The van der Waals surface area contributed by atoms with Gasteiger partial charge in [-0.05, 0) is 37.2 Å². The number of nitrogens with zero attached hydrogens (tertiary/aromatic N) is 2. The van der Waals surface area contributed by atoms with Crippen molar-refractivity contribution >= 4 is 33.3 Å². The molecule has 5 heteroatoms. The van der Waals surface area contributed by atoms with Crippen molar-refractivity contribution in [3.63, 3.8) is 0 Å². The van der Waals surface area contributed by atoms with Crippen LogP contribution in [-0.2, 0) is 19.4 Å². The molecule has 0 aliphatic heterocycles. The highest BCUT2D eigenvalue weighted by Gasteiger charge is 2.24. The van der Waals surface area contributed by atoms with Crippen molar-refractivity contribution in [2.24, 2.45) is 5.92 Å². The summed E-state index contributed by atoms with van der Waals surface area (Å²) in [5, 5.41) is 1.72. The normalized spacial score (nSPS) is 17.4. The van der Waals surface area contributed by atoms with Crippen molar-refractivity contribution in [1.29, 1.82) is 0 Å². The van der Waals surface area contributed by atoms with Crippen LogP contribution in [0.3, 0.4) is 0 Å². The van der Waals surface area contributed by atoms with Gasteiger partial charge in [-0.2, -0.15) is 0 Å². The Morgan fingerprint density at radius 1 is 1.52 bits per heavy atom. The van der Waals surface area contributed by atoms with E-state index in [-0.39, 0.29) is 5.56 Å². The summed E-state index contributed by atoms with van der Waals surface area (Å²) >= 11 is 3.43. The van der Waals surface area contributed by atoms with Gasteiger partial charge in [0.1, 0.15) is 4.83 Å². The maximum absolute atomic E-state index is 13.1. The fraction of sp³-hybridized carbons (Fsp3) is 0.556. The number of unbranched alkanes of at least 4 members (excludes halogenated alkanes) is 1. The van der Waals surface area contributed by atoms with Crippen molar-refractivity contribution in [1.82, 2.24) is 9.55 Å². The van der Waals surface area contributed by atoms with E-state index in [9.17, 15) is 4.79 Å². The molecule has 0 amide bonds. The Morgan fingerprint density at radius 2 is 2.35 bits per heavy atom. The monoisotopic (exact) mass is 348 g/mol. The summed E-state index contributed by atoms with van der Waals surface area (Å²) in [6, 6.07) is 0. The minimum atomic E-state index is 0.125. The molecule has 124 valence electrons. The first kappa shape index (κ1) is 16.8. The number of hydrogen-bond acceptors (Lipinski definition) is 4. The number of aryl methyl sites for hydroxylation is 1. The first-order valence-corrected chi connectivity index (χ1v) is 10.2. The van der Waals surface area contributed by atoms with Crippen LogP contribution in [0.2, 0.25) is 0 Å². The number of aromatic nitrogens is 2. The summed E-state index contributed by atoms with van der Waals surface area (Å²) < 4.78 is 1.81. The zero-order valence-corrected chi connectivity index (χ0v) is 15.6. The van der Waals surface area contributed by atoms with Gasteiger partial charge in [-0.1, -0.05) is 38.1 Å². The second-order valence-electron chi connectivity index (χ2n) is 6.33. The molecule has 0 radical (unpaired) electrons. The van der Waals surface area contributed by atoms with E-state index >= 15 is 0 Å². The first-order chi connectivity index (χ1) is 11.2. The topological polar surface area (TPSA) is 34.9 Å². The summed E-state index contributed by atoms with van der Waals surface area (Å²) in [5.41, 5.74) is 1.39. The molecule has 1 unspecified atom stereocenters. The molecule has 3 rings (SSSR count). The standard InChI is InChI=1S/C18H24N2OS2/c1-4-6-10-22-18-19-16-15(17(21)20(18)9-5-2)13-11-12(3)7-8-14(13)23-16/h5,12H,2,4,6-11H2,1,3H3. The van der Waals surface area contributed by atoms with Gasteiger partial charge >= 0.3 is 0 Å². The van der Waals surface area contributed by atoms with Gasteiger partial charge in [-0.15, -0.1) is 17.9 Å². The molecule has 0 spiro atoms. The van der Waals surface area contributed by atoms with Crippen molar-refractivity contribution in [2.75, 3.05) is 5.75 Å². The molecule has 2 aromatic heterocycles. The number of fused-ring (bicyclic) bond motifs is 3. The van der Waals surface area contributed by atoms with Gasteiger partial charge in [0.25, 0.3) is 5.56 Å². The molecule has 3 nitrogen and oxygen atoms in total. The number of allylic oxidation sites excluding steroid dienone is 1. The Morgan fingerprint density at radius 3 is 3.09 bits per heavy atom. The lowest BCUT2D eigenvalue weighted by atomic mass is 9.89. The van der Waals surface area contributed by atoms with Crippen LogP contribution in [0.25, 0.3) is 10.2 Å². The summed E-state index contributed by atoms with van der Waals surface area (Å²) in [7, 11) is 0. The van der Waals surface area contributed by atoms with E-state index in [1.807, 2.05) is 4.57 Å². The van der Waals surface area contributed by atoms with E-state index in [1.54, 1.807) is 29.2 Å². The molecule has 1 atom stereocenters. The van der Waals surface area contributed by atoms with Gasteiger partial charge < -0.3 is 0 Å². The van der Waals surface area contributed by atoms with Crippen molar-refractivity contribution in [3.05, 3.63) is 33.4 Å². The molecule has 2 heterocycles. The van der Waals surface area contributed by atoms with Crippen molar-refractivity contribution in [2.45, 2.75) is 57.7 Å². The quantitative estimate of drug-likeness (QED) is 0.329. The molecule has 0 saturated heterocycles. The molecular formula is C18H24N2OS2. The Bertz CT molecular complexity index is 775. The number of rotatable bonds is 6. The summed E-state index contributed by atoms with van der Waals surface area (Å²) in [6.07, 6.45) is 7.43. The van der Waals surface area contributed by atoms with Gasteiger partial charge in [0.05, 0.1) is 5.39 Å². The lowest BCUT2D eigenvalue weighted by Gasteiger charge is -2.18. The Hall–Kier alpha value is -1.07. The van der Waals surface area contributed by atoms with Crippen molar-refractivity contribution in [3.8, 4) is 0 Å².